The monoisotopic (exact) mass is 535 g/mol. The van der Waals surface area contributed by atoms with Gasteiger partial charge in [0.05, 0.1) is 0 Å². The molecule has 0 amide bonds. The number of nitrogens with two attached hydrogens (primary N) is 1. The van der Waals surface area contributed by atoms with Crippen molar-refractivity contribution < 1.29 is 0 Å². The normalized spacial score (nSPS) is 34.0. The van der Waals surface area contributed by atoms with Crippen molar-refractivity contribution in [2.45, 2.75) is 84.5 Å². The summed E-state index contributed by atoms with van der Waals surface area (Å²) in [5.41, 5.74) is 12.1. The van der Waals surface area contributed by atoms with Crippen molar-refractivity contribution in [3.63, 3.8) is 0 Å². The number of hydrogen-bond acceptors (Lipinski definition) is 1. The fourth-order valence-corrected chi connectivity index (χ4v) is 8.67. The molecule has 0 aromatic carbocycles. The van der Waals surface area contributed by atoms with Crippen molar-refractivity contribution >= 4 is 0 Å². The summed E-state index contributed by atoms with van der Waals surface area (Å²) in [6.45, 7) is 5.29. The second-order valence-electron chi connectivity index (χ2n) is 12.8. The van der Waals surface area contributed by atoms with Crippen LogP contribution in [-0.4, -0.2) is 6.54 Å². The first kappa shape index (κ1) is 29.1. The molecule has 0 aromatic rings. The molecule has 0 saturated heterocycles. The summed E-state index contributed by atoms with van der Waals surface area (Å²) in [5.74, 6) is 5.07. The number of hydrogen-bond donors (Lipinski definition) is 1. The summed E-state index contributed by atoms with van der Waals surface area (Å²) in [7, 11) is 0. The van der Waals surface area contributed by atoms with E-state index < -0.39 is 0 Å². The summed E-state index contributed by atoms with van der Waals surface area (Å²) < 4.78 is 0. The molecule has 1 heteroatoms. The Kier molecular flexibility index (Phi) is 10.6. The standard InChI is InChI=1S/C39H53N/c1-3-5-7-15-30(4-2)32-24-26-38(36-18-11-9-16-34(32)36)39-27-25-33(35-17-10-12-19-37(35)39)31-22-20-29(21-23-31)14-8-6-13-28-40/h6,8-9,11-16,18-22,31-35,37,39H,3-5,7,10,17,23-28,40H2,1-2H3/b13-6-,14-8+,30-15+. The second-order valence-corrected chi connectivity index (χ2v) is 12.8. The highest BCUT2D eigenvalue weighted by Gasteiger charge is 2.44. The zero-order valence-corrected chi connectivity index (χ0v) is 25.2. The Balaban J connectivity index is 1.33. The summed E-state index contributed by atoms with van der Waals surface area (Å²) in [6.07, 6.45) is 47.5. The molecule has 0 aromatic heterocycles. The van der Waals surface area contributed by atoms with Gasteiger partial charge in [-0.25, -0.2) is 0 Å². The highest BCUT2D eigenvalue weighted by molar-refractivity contribution is 5.43. The van der Waals surface area contributed by atoms with Crippen molar-refractivity contribution in [3.8, 4) is 0 Å². The molecule has 1 saturated carbocycles. The maximum atomic E-state index is 5.57. The molecule has 1 fully saturated rings. The molecule has 0 bridgehead atoms. The van der Waals surface area contributed by atoms with E-state index in [1.54, 1.807) is 11.1 Å². The molecule has 214 valence electrons. The van der Waals surface area contributed by atoms with Gasteiger partial charge in [-0.3, -0.25) is 0 Å². The quantitative estimate of drug-likeness (QED) is 0.168. The van der Waals surface area contributed by atoms with E-state index in [9.17, 15) is 0 Å². The lowest BCUT2D eigenvalue weighted by atomic mass is 9.56. The Morgan fingerprint density at radius 1 is 0.975 bits per heavy atom. The van der Waals surface area contributed by atoms with Gasteiger partial charge < -0.3 is 5.73 Å². The molecule has 5 aliphatic carbocycles. The third kappa shape index (κ3) is 6.57. The van der Waals surface area contributed by atoms with E-state index >= 15 is 0 Å². The van der Waals surface area contributed by atoms with Gasteiger partial charge in [-0.15, -0.1) is 0 Å². The summed E-state index contributed by atoms with van der Waals surface area (Å²) in [4.78, 5) is 0. The van der Waals surface area contributed by atoms with E-state index in [-0.39, 0.29) is 0 Å². The third-order valence-electron chi connectivity index (χ3n) is 10.6. The van der Waals surface area contributed by atoms with Crippen LogP contribution in [0.1, 0.15) is 84.5 Å². The number of rotatable bonds is 10. The van der Waals surface area contributed by atoms with Gasteiger partial charge in [0.15, 0.2) is 0 Å². The lowest BCUT2D eigenvalue weighted by Gasteiger charge is -2.49. The lowest BCUT2D eigenvalue weighted by Crippen LogP contribution is -2.40. The minimum absolute atomic E-state index is 0.586. The minimum atomic E-state index is 0.586. The first-order valence-corrected chi connectivity index (χ1v) is 16.6. The van der Waals surface area contributed by atoms with E-state index in [1.165, 1.54) is 76.2 Å². The molecule has 1 nitrogen and oxygen atoms in total. The number of allylic oxidation sites excluding steroid dienone is 17. The average Bonchev–Trinajstić information content (AvgIpc) is 3.01. The first-order chi connectivity index (χ1) is 19.7. The van der Waals surface area contributed by atoms with Gasteiger partial charge in [-0.05, 0) is 104 Å². The van der Waals surface area contributed by atoms with E-state index in [2.05, 4.69) is 92.8 Å². The molecule has 2 N–H and O–H groups in total. The van der Waals surface area contributed by atoms with Crippen LogP contribution in [0.15, 0.2) is 107 Å². The van der Waals surface area contributed by atoms with Gasteiger partial charge in [-0.1, -0.05) is 123 Å². The van der Waals surface area contributed by atoms with Crippen LogP contribution in [-0.2, 0) is 0 Å². The summed E-state index contributed by atoms with van der Waals surface area (Å²) >= 11 is 0. The van der Waals surface area contributed by atoms with Crippen molar-refractivity contribution in [2.75, 3.05) is 6.54 Å². The van der Waals surface area contributed by atoms with Gasteiger partial charge in [-0.2, -0.15) is 0 Å². The zero-order chi connectivity index (χ0) is 27.7. The average molecular weight is 536 g/mol. The van der Waals surface area contributed by atoms with Crippen LogP contribution < -0.4 is 5.73 Å². The van der Waals surface area contributed by atoms with Crippen LogP contribution in [0.2, 0.25) is 0 Å². The fraction of sp³-hybridized carbons (Fsp3) is 0.538. The van der Waals surface area contributed by atoms with Gasteiger partial charge in [0.25, 0.3) is 0 Å². The van der Waals surface area contributed by atoms with Gasteiger partial charge in [0.1, 0.15) is 0 Å². The molecule has 5 rings (SSSR count). The Morgan fingerprint density at radius 3 is 2.70 bits per heavy atom. The fourth-order valence-electron chi connectivity index (χ4n) is 8.67. The van der Waals surface area contributed by atoms with Crippen LogP contribution in [0.25, 0.3) is 0 Å². The predicted octanol–water partition coefficient (Wildman–Crippen LogP) is 10.1. The Labute approximate surface area is 245 Å². The summed E-state index contributed by atoms with van der Waals surface area (Å²) in [6, 6.07) is 0. The molecular weight excluding hydrogens is 482 g/mol. The molecule has 0 radical (unpaired) electrons. The van der Waals surface area contributed by atoms with E-state index in [1.807, 2.05) is 11.6 Å². The number of unbranched alkanes of at least 4 members (excludes halogenated alkanes) is 2. The molecule has 0 aliphatic heterocycles. The minimum Gasteiger partial charge on any atom is -0.327 e. The van der Waals surface area contributed by atoms with Gasteiger partial charge in [0, 0.05) is 12.5 Å². The predicted molar refractivity (Wildman–Crippen MR) is 174 cm³/mol. The Hall–Kier alpha value is -2.38. The molecule has 40 heavy (non-hydrogen) atoms. The van der Waals surface area contributed by atoms with Crippen molar-refractivity contribution in [1.82, 2.24) is 0 Å². The lowest BCUT2D eigenvalue weighted by molar-refractivity contribution is 0.0920. The Morgan fingerprint density at radius 2 is 1.90 bits per heavy atom. The Bertz CT molecular complexity index is 1130. The molecule has 5 aliphatic rings. The van der Waals surface area contributed by atoms with Crippen molar-refractivity contribution in [3.05, 3.63) is 107 Å². The zero-order valence-electron chi connectivity index (χ0n) is 25.2. The van der Waals surface area contributed by atoms with Crippen LogP contribution >= 0.6 is 0 Å². The largest absolute Gasteiger partial charge is 0.327 e. The van der Waals surface area contributed by atoms with Crippen LogP contribution in [0, 0.1) is 41.4 Å². The first-order valence-electron chi connectivity index (χ1n) is 16.6. The maximum absolute atomic E-state index is 5.57. The summed E-state index contributed by atoms with van der Waals surface area (Å²) in [5, 5.41) is 0. The highest BCUT2D eigenvalue weighted by Crippen LogP contribution is 2.54. The van der Waals surface area contributed by atoms with Crippen LogP contribution in [0.3, 0.4) is 0 Å². The number of fused-ring (bicyclic) bond motifs is 2. The smallest absolute Gasteiger partial charge is 0.0109 e. The van der Waals surface area contributed by atoms with Crippen LogP contribution in [0.4, 0.5) is 0 Å². The van der Waals surface area contributed by atoms with Crippen molar-refractivity contribution in [2.24, 2.45) is 47.2 Å². The molecular formula is C39H53N. The third-order valence-corrected chi connectivity index (χ3v) is 10.6. The second kappa shape index (κ2) is 14.5. The highest BCUT2D eigenvalue weighted by atomic mass is 14.5. The van der Waals surface area contributed by atoms with E-state index in [0.717, 1.165) is 23.7 Å². The van der Waals surface area contributed by atoms with Crippen LogP contribution in [0.5, 0.6) is 0 Å². The molecule has 7 atom stereocenters. The van der Waals surface area contributed by atoms with E-state index in [0.29, 0.717) is 24.3 Å². The van der Waals surface area contributed by atoms with Gasteiger partial charge >= 0.3 is 0 Å². The molecule has 0 spiro atoms. The van der Waals surface area contributed by atoms with Gasteiger partial charge in [0.2, 0.25) is 0 Å². The topological polar surface area (TPSA) is 26.0 Å². The SMILES string of the molecule is CCCC/C=C(\CC)C1CCC(C2CCC(C3C=CC(/C=C/C=C\CN)=CC3)C3CCC=CC23)=C2C=CC=CC21. The van der Waals surface area contributed by atoms with E-state index in [4.69, 9.17) is 5.73 Å². The molecule has 7 unspecified atom stereocenters. The van der Waals surface area contributed by atoms with Crippen molar-refractivity contribution in [1.29, 1.82) is 0 Å². The molecule has 0 heterocycles. The maximum Gasteiger partial charge on any atom is 0.0109 e.